The number of nitrogens with zero attached hydrogens (tertiary/aromatic N) is 5. The first kappa shape index (κ1) is 39.6. The average molecular weight is 816 g/mol. The van der Waals surface area contributed by atoms with Crippen LogP contribution in [-0.4, -0.2) is 24.5 Å². The first-order chi connectivity index (χ1) is 30.5. The van der Waals surface area contributed by atoms with Gasteiger partial charge in [0.2, 0.25) is 0 Å². The molecule has 0 aliphatic rings. The Morgan fingerprint density at radius 1 is 0.365 bits per heavy atom. The lowest BCUT2D eigenvalue weighted by atomic mass is 9.85. The molecular weight excluding hydrogens is 767 g/mol. The summed E-state index contributed by atoms with van der Waals surface area (Å²) in [5.74, 6) is 2.47. The minimum absolute atomic E-state index is 0.0372. The Hall–Kier alpha value is -7.50. The van der Waals surface area contributed by atoms with E-state index < -0.39 is 0 Å². The fraction of sp³-hybridized carbons (Fsp3) is 0.138. The lowest BCUT2D eigenvalue weighted by Gasteiger charge is -2.20. The molecule has 0 amide bonds. The van der Waals surface area contributed by atoms with Crippen molar-refractivity contribution < 1.29 is 0 Å². The van der Waals surface area contributed by atoms with Crippen LogP contribution in [-0.2, 0) is 10.8 Å². The molecule has 10 aromatic rings. The standard InChI is InChI=1S/C58H49N5/c1-57(2,3)43-30-32-50-47(35-43)48-36-44(58(4,5)6)31-33-51(48)63(50)56-49(55-61-53(40-24-15-9-16-25-40)60-54(62-55)41-26-17-10-18-27-41)34-42(37-59-56)52-45(38-20-11-7-12-21-38)28-19-29-46(52)39-22-13-8-14-23-39/h7-37H,1-6H3. The summed E-state index contributed by atoms with van der Waals surface area (Å²) in [4.78, 5) is 21.3. The molecule has 0 spiro atoms. The predicted octanol–water partition coefficient (Wildman–Crippen LogP) is 15.0. The van der Waals surface area contributed by atoms with E-state index in [0.717, 1.165) is 66.9 Å². The maximum Gasteiger partial charge on any atom is 0.167 e. The van der Waals surface area contributed by atoms with Crippen LogP contribution in [0.4, 0.5) is 0 Å². The third-order valence-corrected chi connectivity index (χ3v) is 12.0. The van der Waals surface area contributed by atoms with Gasteiger partial charge < -0.3 is 0 Å². The summed E-state index contributed by atoms with van der Waals surface area (Å²) in [6.45, 7) is 13.7. The smallest absolute Gasteiger partial charge is 0.167 e. The van der Waals surface area contributed by atoms with Gasteiger partial charge in [0.05, 0.1) is 16.6 Å². The van der Waals surface area contributed by atoms with Crippen molar-refractivity contribution in [2.24, 2.45) is 0 Å². The molecule has 0 aliphatic carbocycles. The second kappa shape index (κ2) is 15.8. The summed E-state index contributed by atoms with van der Waals surface area (Å²) in [5.41, 5.74) is 13.8. The summed E-state index contributed by atoms with van der Waals surface area (Å²) in [6.07, 6.45) is 2.04. The van der Waals surface area contributed by atoms with Gasteiger partial charge >= 0.3 is 0 Å². The van der Waals surface area contributed by atoms with E-state index in [1.165, 1.54) is 21.9 Å². The van der Waals surface area contributed by atoms with Crippen LogP contribution in [0.5, 0.6) is 0 Å². The Bertz CT molecular complexity index is 3080. The maximum atomic E-state index is 5.55. The summed E-state index contributed by atoms with van der Waals surface area (Å²) in [7, 11) is 0. The van der Waals surface area contributed by atoms with E-state index in [2.05, 4.69) is 192 Å². The molecule has 0 unspecified atom stereocenters. The molecule has 306 valence electrons. The van der Waals surface area contributed by atoms with Gasteiger partial charge in [0, 0.05) is 33.7 Å². The molecule has 0 bridgehead atoms. The van der Waals surface area contributed by atoms with Gasteiger partial charge in [0.1, 0.15) is 5.82 Å². The number of aromatic nitrogens is 5. The zero-order valence-corrected chi connectivity index (χ0v) is 36.6. The van der Waals surface area contributed by atoms with Gasteiger partial charge in [0.25, 0.3) is 0 Å². The highest BCUT2D eigenvalue weighted by atomic mass is 15.1. The van der Waals surface area contributed by atoms with Crippen molar-refractivity contribution in [3.63, 3.8) is 0 Å². The van der Waals surface area contributed by atoms with Gasteiger partial charge in [-0.3, -0.25) is 4.57 Å². The van der Waals surface area contributed by atoms with E-state index in [1.807, 2.05) is 42.6 Å². The Morgan fingerprint density at radius 3 is 1.21 bits per heavy atom. The highest BCUT2D eigenvalue weighted by Gasteiger charge is 2.26. The van der Waals surface area contributed by atoms with Crippen LogP contribution in [0.2, 0.25) is 0 Å². The van der Waals surface area contributed by atoms with Crippen molar-refractivity contribution in [2.75, 3.05) is 0 Å². The van der Waals surface area contributed by atoms with E-state index in [0.29, 0.717) is 17.5 Å². The van der Waals surface area contributed by atoms with Crippen LogP contribution in [0, 0.1) is 0 Å². The highest BCUT2D eigenvalue weighted by molar-refractivity contribution is 6.10. The van der Waals surface area contributed by atoms with E-state index in [-0.39, 0.29) is 10.8 Å². The van der Waals surface area contributed by atoms with Crippen molar-refractivity contribution in [3.05, 3.63) is 199 Å². The molecule has 3 aromatic heterocycles. The molecule has 0 atom stereocenters. The largest absolute Gasteiger partial charge is 0.293 e. The van der Waals surface area contributed by atoms with Crippen molar-refractivity contribution in [2.45, 2.75) is 52.4 Å². The van der Waals surface area contributed by atoms with Gasteiger partial charge in [-0.15, -0.1) is 0 Å². The number of pyridine rings is 1. The third-order valence-electron chi connectivity index (χ3n) is 12.0. The summed E-state index contributed by atoms with van der Waals surface area (Å²) < 4.78 is 2.32. The van der Waals surface area contributed by atoms with E-state index in [9.17, 15) is 0 Å². The van der Waals surface area contributed by atoms with Gasteiger partial charge in [-0.1, -0.05) is 193 Å². The van der Waals surface area contributed by atoms with E-state index in [1.54, 1.807) is 0 Å². The van der Waals surface area contributed by atoms with Crippen LogP contribution in [0.3, 0.4) is 0 Å². The van der Waals surface area contributed by atoms with Crippen molar-refractivity contribution in [1.82, 2.24) is 24.5 Å². The molecule has 63 heavy (non-hydrogen) atoms. The SMILES string of the molecule is CC(C)(C)c1ccc2c(c1)c1cc(C(C)(C)C)ccc1n2-c1ncc(-c2c(-c3ccccc3)cccc2-c2ccccc2)cc1-c1nc(-c2ccccc2)nc(-c2ccccc2)n1. The molecule has 0 radical (unpaired) electrons. The fourth-order valence-corrected chi connectivity index (χ4v) is 8.63. The molecule has 10 rings (SSSR count). The normalized spacial score (nSPS) is 12.0. The first-order valence-corrected chi connectivity index (χ1v) is 21.7. The minimum Gasteiger partial charge on any atom is -0.293 e. The Balaban J connectivity index is 1.33. The lowest BCUT2D eigenvalue weighted by molar-refractivity contribution is 0.590. The van der Waals surface area contributed by atoms with Gasteiger partial charge in [-0.2, -0.15) is 0 Å². The number of benzene rings is 7. The van der Waals surface area contributed by atoms with Gasteiger partial charge in [-0.05, 0) is 80.1 Å². The van der Waals surface area contributed by atoms with Crippen molar-refractivity contribution >= 4 is 21.8 Å². The third kappa shape index (κ3) is 7.50. The van der Waals surface area contributed by atoms with Crippen LogP contribution in [0.15, 0.2) is 188 Å². The summed E-state index contributed by atoms with van der Waals surface area (Å²) >= 11 is 0. The van der Waals surface area contributed by atoms with Gasteiger partial charge in [-0.25, -0.2) is 19.9 Å². The lowest BCUT2D eigenvalue weighted by Crippen LogP contribution is -2.10. The molecule has 0 N–H and O–H groups in total. The molecule has 0 aliphatic heterocycles. The van der Waals surface area contributed by atoms with E-state index in [4.69, 9.17) is 19.9 Å². The second-order valence-electron chi connectivity index (χ2n) is 18.4. The molecule has 0 saturated carbocycles. The molecule has 0 fully saturated rings. The quantitative estimate of drug-likeness (QED) is 0.161. The molecule has 5 nitrogen and oxygen atoms in total. The predicted molar refractivity (Wildman–Crippen MR) is 262 cm³/mol. The maximum absolute atomic E-state index is 5.55. The zero-order chi connectivity index (χ0) is 43.3. The topological polar surface area (TPSA) is 56.5 Å². The molecule has 3 heterocycles. The molecule has 5 heteroatoms. The van der Waals surface area contributed by atoms with Crippen molar-refractivity contribution in [3.8, 4) is 73.4 Å². The van der Waals surface area contributed by atoms with Gasteiger partial charge in [0.15, 0.2) is 17.5 Å². The molecule has 0 saturated heterocycles. The molecular formula is C58H49N5. The number of hydrogen-bond acceptors (Lipinski definition) is 4. The fourth-order valence-electron chi connectivity index (χ4n) is 8.63. The van der Waals surface area contributed by atoms with Crippen LogP contribution in [0.25, 0.3) is 95.2 Å². The van der Waals surface area contributed by atoms with Crippen LogP contribution < -0.4 is 0 Å². The Labute approximate surface area is 369 Å². The second-order valence-corrected chi connectivity index (χ2v) is 18.4. The zero-order valence-electron chi connectivity index (χ0n) is 36.6. The molecule has 7 aromatic carbocycles. The summed E-state index contributed by atoms with van der Waals surface area (Å²) in [5, 5.41) is 2.37. The monoisotopic (exact) mass is 815 g/mol. The number of fused-ring (bicyclic) bond motifs is 3. The van der Waals surface area contributed by atoms with E-state index >= 15 is 0 Å². The Kier molecular flexibility index (Phi) is 9.91. The first-order valence-electron chi connectivity index (χ1n) is 21.7. The van der Waals surface area contributed by atoms with Crippen LogP contribution >= 0.6 is 0 Å². The average Bonchev–Trinajstić information content (AvgIpc) is 3.64. The number of hydrogen-bond donors (Lipinski definition) is 0. The Morgan fingerprint density at radius 2 is 0.778 bits per heavy atom. The van der Waals surface area contributed by atoms with Crippen molar-refractivity contribution in [1.29, 1.82) is 0 Å². The summed E-state index contributed by atoms with van der Waals surface area (Å²) in [6, 6.07) is 64.2. The minimum atomic E-state index is -0.0372. The highest BCUT2D eigenvalue weighted by Crippen LogP contribution is 2.44. The van der Waals surface area contributed by atoms with Crippen LogP contribution in [0.1, 0.15) is 52.7 Å². The number of rotatable bonds is 7.